The summed E-state index contributed by atoms with van der Waals surface area (Å²) in [6.45, 7) is 3.95. The number of hydrogen-bond acceptors (Lipinski definition) is 3. The van der Waals surface area contributed by atoms with Crippen LogP contribution in [-0.2, 0) is 9.47 Å². The molecule has 1 aliphatic rings. The predicted molar refractivity (Wildman–Crippen MR) is 61.8 cm³/mol. The van der Waals surface area contributed by atoms with Gasteiger partial charge in [0.15, 0.2) is 0 Å². The van der Waals surface area contributed by atoms with Crippen LogP contribution in [0.15, 0.2) is 0 Å². The van der Waals surface area contributed by atoms with Crippen molar-refractivity contribution in [2.24, 2.45) is 11.7 Å². The minimum atomic E-state index is 0.305. The van der Waals surface area contributed by atoms with E-state index >= 15 is 0 Å². The SMILES string of the molecule is COCC(C)CC(N)CCC1CCCO1. The minimum absolute atomic E-state index is 0.305. The molecule has 0 saturated carbocycles. The Morgan fingerprint density at radius 3 is 2.93 bits per heavy atom. The molecule has 1 heterocycles. The Kier molecular flexibility index (Phi) is 6.22. The molecule has 90 valence electrons. The summed E-state index contributed by atoms with van der Waals surface area (Å²) in [5.41, 5.74) is 6.07. The number of methoxy groups -OCH3 is 1. The Hall–Kier alpha value is -0.120. The van der Waals surface area contributed by atoms with Gasteiger partial charge in [-0.3, -0.25) is 0 Å². The van der Waals surface area contributed by atoms with E-state index in [9.17, 15) is 0 Å². The van der Waals surface area contributed by atoms with Crippen molar-refractivity contribution in [1.82, 2.24) is 0 Å². The summed E-state index contributed by atoms with van der Waals surface area (Å²) < 4.78 is 10.7. The first-order chi connectivity index (χ1) is 7.22. The lowest BCUT2D eigenvalue weighted by Crippen LogP contribution is -2.25. The average Bonchev–Trinajstić information content (AvgIpc) is 2.67. The third-order valence-electron chi connectivity index (χ3n) is 3.04. The van der Waals surface area contributed by atoms with Gasteiger partial charge < -0.3 is 15.2 Å². The zero-order valence-electron chi connectivity index (χ0n) is 10.1. The first-order valence-corrected chi connectivity index (χ1v) is 6.08. The van der Waals surface area contributed by atoms with Gasteiger partial charge in [-0.1, -0.05) is 6.92 Å². The molecule has 0 aromatic carbocycles. The van der Waals surface area contributed by atoms with E-state index < -0.39 is 0 Å². The van der Waals surface area contributed by atoms with Crippen molar-refractivity contribution >= 4 is 0 Å². The van der Waals surface area contributed by atoms with Crippen LogP contribution in [-0.4, -0.2) is 32.5 Å². The molecule has 0 amide bonds. The molecule has 1 aliphatic heterocycles. The van der Waals surface area contributed by atoms with Crippen LogP contribution in [0, 0.1) is 5.92 Å². The van der Waals surface area contributed by atoms with E-state index in [1.807, 2.05) is 0 Å². The highest BCUT2D eigenvalue weighted by atomic mass is 16.5. The van der Waals surface area contributed by atoms with Crippen LogP contribution in [0.5, 0.6) is 0 Å². The second kappa shape index (κ2) is 7.20. The van der Waals surface area contributed by atoms with E-state index in [-0.39, 0.29) is 0 Å². The van der Waals surface area contributed by atoms with E-state index in [0.29, 0.717) is 18.1 Å². The summed E-state index contributed by atoms with van der Waals surface area (Å²) in [4.78, 5) is 0. The van der Waals surface area contributed by atoms with Crippen LogP contribution in [0.2, 0.25) is 0 Å². The second-order valence-electron chi connectivity index (χ2n) is 4.77. The van der Waals surface area contributed by atoms with Gasteiger partial charge in [-0.2, -0.15) is 0 Å². The third kappa shape index (κ3) is 5.50. The molecule has 1 fully saturated rings. The molecule has 0 aliphatic carbocycles. The van der Waals surface area contributed by atoms with E-state index in [1.54, 1.807) is 7.11 Å². The lowest BCUT2D eigenvalue weighted by atomic mass is 9.98. The Labute approximate surface area is 93.3 Å². The normalized spacial score (nSPS) is 25.4. The van der Waals surface area contributed by atoms with Crippen molar-refractivity contribution in [2.45, 2.75) is 51.2 Å². The lowest BCUT2D eigenvalue weighted by Gasteiger charge is -2.18. The van der Waals surface area contributed by atoms with Gasteiger partial charge in [0.1, 0.15) is 0 Å². The molecule has 2 N–H and O–H groups in total. The van der Waals surface area contributed by atoms with Crippen molar-refractivity contribution in [1.29, 1.82) is 0 Å². The monoisotopic (exact) mass is 215 g/mol. The number of rotatable bonds is 7. The molecule has 0 radical (unpaired) electrons. The fraction of sp³-hybridized carbons (Fsp3) is 1.00. The quantitative estimate of drug-likeness (QED) is 0.706. The van der Waals surface area contributed by atoms with Gasteiger partial charge in [0.05, 0.1) is 6.10 Å². The van der Waals surface area contributed by atoms with Crippen LogP contribution in [0.3, 0.4) is 0 Å². The highest BCUT2D eigenvalue weighted by molar-refractivity contribution is 4.71. The maximum atomic E-state index is 6.07. The highest BCUT2D eigenvalue weighted by Gasteiger charge is 2.17. The molecule has 1 saturated heterocycles. The number of ether oxygens (including phenoxy) is 2. The predicted octanol–water partition coefficient (Wildman–Crippen LogP) is 1.95. The van der Waals surface area contributed by atoms with Crippen LogP contribution in [0.1, 0.15) is 39.0 Å². The fourth-order valence-electron chi connectivity index (χ4n) is 2.26. The molecule has 3 unspecified atom stereocenters. The smallest absolute Gasteiger partial charge is 0.0576 e. The first kappa shape index (κ1) is 12.9. The molecule has 0 bridgehead atoms. The van der Waals surface area contributed by atoms with E-state index in [4.69, 9.17) is 15.2 Å². The minimum Gasteiger partial charge on any atom is -0.384 e. The van der Waals surface area contributed by atoms with E-state index in [0.717, 1.165) is 32.5 Å². The van der Waals surface area contributed by atoms with Crippen molar-refractivity contribution in [3.63, 3.8) is 0 Å². The Morgan fingerprint density at radius 2 is 2.33 bits per heavy atom. The van der Waals surface area contributed by atoms with E-state index in [2.05, 4.69) is 6.92 Å². The summed E-state index contributed by atoms with van der Waals surface area (Å²) in [6.07, 6.45) is 6.19. The van der Waals surface area contributed by atoms with Crippen molar-refractivity contribution < 1.29 is 9.47 Å². The van der Waals surface area contributed by atoms with Gasteiger partial charge in [-0.05, 0) is 38.0 Å². The van der Waals surface area contributed by atoms with Gasteiger partial charge in [0, 0.05) is 26.4 Å². The molecule has 3 nitrogen and oxygen atoms in total. The van der Waals surface area contributed by atoms with Crippen LogP contribution < -0.4 is 5.73 Å². The zero-order valence-corrected chi connectivity index (χ0v) is 10.1. The van der Waals surface area contributed by atoms with E-state index in [1.165, 1.54) is 12.8 Å². The zero-order chi connectivity index (χ0) is 11.1. The van der Waals surface area contributed by atoms with Gasteiger partial charge >= 0.3 is 0 Å². The van der Waals surface area contributed by atoms with Crippen molar-refractivity contribution in [2.75, 3.05) is 20.3 Å². The van der Waals surface area contributed by atoms with Gasteiger partial charge in [0.25, 0.3) is 0 Å². The number of hydrogen-bond donors (Lipinski definition) is 1. The summed E-state index contributed by atoms with van der Waals surface area (Å²) in [7, 11) is 1.74. The molecule has 15 heavy (non-hydrogen) atoms. The maximum absolute atomic E-state index is 6.07. The van der Waals surface area contributed by atoms with Crippen molar-refractivity contribution in [3.8, 4) is 0 Å². The van der Waals surface area contributed by atoms with Crippen LogP contribution in [0.25, 0.3) is 0 Å². The molecule has 3 atom stereocenters. The molecular weight excluding hydrogens is 190 g/mol. The lowest BCUT2D eigenvalue weighted by molar-refractivity contribution is 0.0986. The maximum Gasteiger partial charge on any atom is 0.0576 e. The second-order valence-corrected chi connectivity index (χ2v) is 4.77. The highest BCUT2D eigenvalue weighted by Crippen LogP contribution is 2.19. The molecule has 0 spiro atoms. The van der Waals surface area contributed by atoms with Gasteiger partial charge in [0.2, 0.25) is 0 Å². The summed E-state index contributed by atoms with van der Waals surface area (Å²) in [5.74, 6) is 0.564. The topological polar surface area (TPSA) is 44.5 Å². The Balaban J connectivity index is 2.04. The molecule has 0 aromatic heterocycles. The molecular formula is C12H25NO2. The Bertz CT molecular complexity index is 158. The summed E-state index contributed by atoms with van der Waals surface area (Å²) in [6, 6.07) is 0.305. The fourth-order valence-corrected chi connectivity index (χ4v) is 2.26. The molecule has 3 heteroatoms. The summed E-state index contributed by atoms with van der Waals surface area (Å²) in [5, 5.41) is 0. The molecule has 1 rings (SSSR count). The average molecular weight is 215 g/mol. The Morgan fingerprint density at radius 1 is 1.53 bits per heavy atom. The largest absolute Gasteiger partial charge is 0.384 e. The first-order valence-electron chi connectivity index (χ1n) is 6.08. The third-order valence-corrected chi connectivity index (χ3v) is 3.04. The molecule has 0 aromatic rings. The summed E-state index contributed by atoms with van der Waals surface area (Å²) >= 11 is 0. The van der Waals surface area contributed by atoms with Gasteiger partial charge in [-0.15, -0.1) is 0 Å². The van der Waals surface area contributed by atoms with Crippen LogP contribution in [0.4, 0.5) is 0 Å². The van der Waals surface area contributed by atoms with Crippen LogP contribution >= 0.6 is 0 Å². The van der Waals surface area contributed by atoms with Gasteiger partial charge in [-0.25, -0.2) is 0 Å². The van der Waals surface area contributed by atoms with Crippen molar-refractivity contribution in [3.05, 3.63) is 0 Å². The number of nitrogens with two attached hydrogens (primary N) is 1. The standard InChI is InChI=1S/C12H25NO2/c1-10(9-14-2)8-11(13)5-6-12-4-3-7-15-12/h10-12H,3-9,13H2,1-2H3.